The molecule has 0 saturated carbocycles. The van der Waals surface area contributed by atoms with Crippen molar-refractivity contribution < 1.29 is 9.21 Å². The van der Waals surface area contributed by atoms with E-state index in [0.717, 1.165) is 12.8 Å². The summed E-state index contributed by atoms with van der Waals surface area (Å²) in [5.41, 5.74) is 1.08. The number of pyridine rings is 1. The fraction of sp³-hybridized carbons (Fsp3) is 0.500. The molecule has 0 bridgehead atoms. The normalized spacial score (nSPS) is 10.9. The summed E-state index contributed by atoms with van der Waals surface area (Å²) in [5, 5.41) is 0. The molecular formula is C14H18N2O2. The van der Waals surface area contributed by atoms with Gasteiger partial charge < -0.3 is 4.42 Å². The third-order valence-electron chi connectivity index (χ3n) is 2.91. The summed E-state index contributed by atoms with van der Waals surface area (Å²) in [6, 6.07) is 3.58. The Hall–Kier alpha value is -1.71. The molecule has 2 heterocycles. The Morgan fingerprint density at radius 3 is 2.89 bits per heavy atom. The van der Waals surface area contributed by atoms with Crippen LogP contribution in [0.2, 0.25) is 0 Å². The van der Waals surface area contributed by atoms with Crippen LogP contribution in [0.3, 0.4) is 0 Å². The number of hydrogen-bond donors (Lipinski definition) is 0. The van der Waals surface area contributed by atoms with E-state index in [9.17, 15) is 4.79 Å². The number of Topliss-reactive ketones (excluding diaryl/α,β-unsaturated/α-hetero) is 1. The second-order valence-electron chi connectivity index (χ2n) is 4.43. The molecule has 0 amide bonds. The maximum atomic E-state index is 11.9. The Balaban J connectivity index is 1.88. The number of hydrogen-bond acceptors (Lipinski definition) is 4. The first-order chi connectivity index (χ1) is 8.81. The highest BCUT2D eigenvalue weighted by molar-refractivity contribution is 5.93. The predicted octanol–water partition coefficient (Wildman–Crippen LogP) is 3.77. The van der Waals surface area contributed by atoms with Crippen LogP contribution < -0.4 is 0 Å². The van der Waals surface area contributed by atoms with E-state index in [2.05, 4.69) is 16.9 Å². The first-order valence-electron chi connectivity index (χ1n) is 6.56. The zero-order valence-electron chi connectivity index (χ0n) is 10.7. The topological polar surface area (TPSA) is 56.0 Å². The fourth-order valence-corrected chi connectivity index (χ4v) is 1.89. The van der Waals surface area contributed by atoms with Gasteiger partial charge in [-0.15, -0.1) is 0 Å². The second kappa shape index (κ2) is 6.28. The van der Waals surface area contributed by atoms with E-state index in [1.807, 2.05) is 0 Å². The molecule has 2 rings (SSSR count). The Morgan fingerprint density at radius 1 is 1.28 bits per heavy atom. The van der Waals surface area contributed by atoms with Crippen LogP contribution >= 0.6 is 0 Å². The lowest BCUT2D eigenvalue weighted by Crippen LogP contribution is -1.98. The van der Waals surface area contributed by atoms with Gasteiger partial charge in [-0.3, -0.25) is 4.79 Å². The minimum atomic E-state index is -0.0236. The Morgan fingerprint density at radius 2 is 2.11 bits per heavy atom. The van der Waals surface area contributed by atoms with E-state index in [0.29, 0.717) is 17.7 Å². The molecule has 0 saturated heterocycles. The Labute approximate surface area is 106 Å². The van der Waals surface area contributed by atoms with Crippen molar-refractivity contribution in [3.8, 4) is 0 Å². The molecule has 0 radical (unpaired) electrons. The van der Waals surface area contributed by atoms with Crippen LogP contribution in [0.1, 0.15) is 56.1 Å². The average Bonchev–Trinajstić information content (AvgIpc) is 2.82. The van der Waals surface area contributed by atoms with Gasteiger partial charge in [0.25, 0.3) is 5.89 Å². The van der Waals surface area contributed by atoms with Gasteiger partial charge in [-0.25, -0.2) is 9.97 Å². The number of rotatable bonds is 7. The van der Waals surface area contributed by atoms with E-state index in [1.165, 1.54) is 19.3 Å². The van der Waals surface area contributed by atoms with Crippen molar-refractivity contribution in [1.29, 1.82) is 0 Å². The van der Waals surface area contributed by atoms with Gasteiger partial charge in [0.1, 0.15) is 5.52 Å². The lowest BCUT2D eigenvalue weighted by molar-refractivity contribution is 0.0947. The number of aromatic nitrogens is 2. The molecule has 0 atom stereocenters. The highest BCUT2D eigenvalue weighted by Gasteiger charge is 2.13. The monoisotopic (exact) mass is 246 g/mol. The molecule has 0 unspecified atom stereocenters. The quantitative estimate of drug-likeness (QED) is 0.551. The van der Waals surface area contributed by atoms with E-state index in [4.69, 9.17) is 4.42 Å². The summed E-state index contributed by atoms with van der Waals surface area (Å²) in [4.78, 5) is 20.0. The maximum Gasteiger partial charge on any atom is 0.265 e. The van der Waals surface area contributed by atoms with Crippen molar-refractivity contribution in [3.05, 3.63) is 24.2 Å². The van der Waals surface area contributed by atoms with Crippen LogP contribution in [0, 0.1) is 0 Å². The Bertz CT molecular complexity index is 486. The van der Waals surface area contributed by atoms with Crippen molar-refractivity contribution in [2.24, 2.45) is 0 Å². The molecular weight excluding hydrogens is 228 g/mol. The molecule has 2 aromatic heterocycles. The molecule has 0 spiro atoms. The van der Waals surface area contributed by atoms with Crippen LogP contribution in [0.4, 0.5) is 0 Å². The number of unbranched alkanes of at least 4 members (excludes halogenated alkanes) is 4. The maximum absolute atomic E-state index is 11.9. The van der Waals surface area contributed by atoms with E-state index in [-0.39, 0.29) is 11.7 Å². The van der Waals surface area contributed by atoms with E-state index >= 15 is 0 Å². The standard InChI is InChI=1S/C14H18N2O2/c1-2-3-4-5-6-9-12(17)14-16-11-8-7-10-15-13(11)18-14/h7-8,10H,2-6,9H2,1H3. The van der Waals surface area contributed by atoms with Gasteiger partial charge in [0.05, 0.1) is 0 Å². The SMILES string of the molecule is CCCCCCCC(=O)c1nc2cccnc2o1. The minimum Gasteiger partial charge on any atom is -0.415 e. The largest absolute Gasteiger partial charge is 0.415 e. The van der Waals surface area contributed by atoms with Gasteiger partial charge >= 0.3 is 0 Å². The van der Waals surface area contributed by atoms with Crippen molar-refractivity contribution in [3.63, 3.8) is 0 Å². The molecule has 0 aromatic carbocycles. The van der Waals surface area contributed by atoms with Crippen molar-refractivity contribution in [2.45, 2.75) is 45.4 Å². The summed E-state index contributed by atoms with van der Waals surface area (Å²) >= 11 is 0. The van der Waals surface area contributed by atoms with Crippen LogP contribution in [-0.4, -0.2) is 15.8 Å². The molecule has 18 heavy (non-hydrogen) atoms. The smallest absolute Gasteiger partial charge is 0.265 e. The summed E-state index contributed by atoms with van der Waals surface area (Å²) in [5.74, 6) is 0.170. The van der Waals surface area contributed by atoms with Crippen LogP contribution in [0.5, 0.6) is 0 Å². The van der Waals surface area contributed by atoms with Gasteiger partial charge in [0, 0.05) is 12.6 Å². The number of oxazole rings is 1. The number of carbonyl (C=O) groups excluding carboxylic acids is 1. The summed E-state index contributed by atoms with van der Waals surface area (Å²) in [6.07, 6.45) is 7.79. The number of fused-ring (bicyclic) bond motifs is 1. The number of ketones is 1. The van der Waals surface area contributed by atoms with Gasteiger partial charge in [-0.2, -0.15) is 0 Å². The first-order valence-corrected chi connectivity index (χ1v) is 6.56. The number of carbonyl (C=O) groups is 1. The third-order valence-corrected chi connectivity index (χ3v) is 2.91. The third kappa shape index (κ3) is 3.15. The van der Waals surface area contributed by atoms with Gasteiger partial charge in [-0.05, 0) is 18.6 Å². The summed E-state index contributed by atoms with van der Waals surface area (Å²) in [7, 11) is 0. The zero-order valence-corrected chi connectivity index (χ0v) is 10.7. The predicted molar refractivity (Wildman–Crippen MR) is 69.5 cm³/mol. The second-order valence-corrected chi connectivity index (χ2v) is 4.43. The molecule has 0 aliphatic carbocycles. The lowest BCUT2D eigenvalue weighted by Gasteiger charge is -1.97. The lowest BCUT2D eigenvalue weighted by atomic mass is 10.1. The molecule has 96 valence electrons. The highest BCUT2D eigenvalue weighted by atomic mass is 16.4. The van der Waals surface area contributed by atoms with Crippen LogP contribution in [0.25, 0.3) is 11.2 Å². The van der Waals surface area contributed by atoms with E-state index < -0.39 is 0 Å². The molecule has 0 fully saturated rings. The van der Waals surface area contributed by atoms with E-state index in [1.54, 1.807) is 18.3 Å². The van der Waals surface area contributed by atoms with Crippen molar-refractivity contribution in [2.75, 3.05) is 0 Å². The summed E-state index contributed by atoms with van der Waals surface area (Å²) < 4.78 is 5.34. The van der Waals surface area contributed by atoms with Gasteiger partial charge in [-0.1, -0.05) is 32.6 Å². The van der Waals surface area contributed by atoms with Crippen LogP contribution in [0.15, 0.2) is 22.7 Å². The molecule has 0 aliphatic rings. The summed E-state index contributed by atoms with van der Waals surface area (Å²) in [6.45, 7) is 2.18. The van der Waals surface area contributed by atoms with Crippen LogP contribution in [-0.2, 0) is 0 Å². The molecule has 0 aliphatic heterocycles. The Kier molecular flexibility index (Phi) is 4.45. The first kappa shape index (κ1) is 12.7. The van der Waals surface area contributed by atoms with Gasteiger partial charge in [0.15, 0.2) is 0 Å². The number of nitrogens with zero attached hydrogens (tertiary/aromatic N) is 2. The average molecular weight is 246 g/mol. The van der Waals surface area contributed by atoms with Gasteiger partial charge in [0.2, 0.25) is 11.5 Å². The minimum absolute atomic E-state index is 0.0236. The molecule has 4 heteroatoms. The molecule has 0 N–H and O–H groups in total. The fourth-order valence-electron chi connectivity index (χ4n) is 1.89. The zero-order chi connectivity index (χ0) is 12.8. The van der Waals surface area contributed by atoms with Crippen molar-refractivity contribution in [1.82, 2.24) is 9.97 Å². The molecule has 4 nitrogen and oxygen atoms in total. The highest BCUT2D eigenvalue weighted by Crippen LogP contribution is 2.15. The van der Waals surface area contributed by atoms with Crippen molar-refractivity contribution >= 4 is 17.0 Å². The molecule has 2 aromatic rings.